The van der Waals surface area contributed by atoms with Crippen LogP contribution < -0.4 is 0 Å². The molecule has 4 atom stereocenters. The van der Waals surface area contributed by atoms with Crippen LogP contribution in [0.4, 0.5) is 0 Å². The summed E-state index contributed by atoms with van der Waals surface area (Å²) in [5.41, 5.74) is 0. The van der Waals surface area contributed by atoms with E-state index in [-0.39, 0.29) is 37.7 Å². The Kier molecular flexibility index (Phi) is 9.44. The number of ether oxygens (including phenoxy) is 3. The van der Waals surface area contributed by atoms with Crippen LogP contribution in [-0.2, 0) is 23.8 Å². The van der Waals surface area contributed by atoms with Gasteiger partial charge in [-0.25, -0.2) is 0 Å². The van der Waals surface area contributed by atoms with Gasteiger partial charge in [0.25, 0.3) is 0 Å². The molecule has 2 heterocycles. The fourth-order valence-corrected chi connectivity index (χ4v) is 2.90. The Morgan fingerprint density at radius 2 is 1.48 bits per heavy atom. The topological polar surface area (TPSA) is 61.8 Å². The molecule has 0 N–H and O–H groups in total. The molecule has 0 spiro atoms. The molecule has 0 aromatic heterocycles. The number of rotatable bonds is 4. The number of carbonyl (C=O) groups is 2. The number of cyclic esters (lactones) is 2. The van der Waals surface area contributed by atoms with Crippen molar-refractivity contribution in [3.8, 4) is 0 Å². The van der Waals surface area contributed by atoms with Gasteiger partial charge < -0.3 is 14.2 Å². The summed E-state index contributed by atoms with van der Waals surface area (Å²) in [4.78, 5) is 21.7. The molecule has 0 unspecified atom stereocenters. The van der Waals surface area contributed by atoms with Gasteiger partial charge in [0.2, 0.25) is 6.29 Å². The van der Waals surface area contributed by atoms with Crippen LogP contribution >= 0.6 is 0 Å². The van der Waals surface area contributed by atoms with E-state index >= 15 is 0 Å². The molecule has 0 aromatic carbocycles. The third-order valence-electron chi connectivity index (χ3n) is 4.37. The molecule has 0 aromatic rings. The van der Waals surface area contributed by atoms with Crippen LogP contribution in [0, 0.1) is 23.7 Å². The molecule has 2 fully saturated rings. The first-order valence-corrected chi connectivity index (χ1v) is 8.26. The van der Waals surface area contributed by atoms with Crippen molar-refractivity contribution in [1.82, 2.24) is 0 Å². The van der Waals surface area contributed by atoms with Crippen molar-refractivity contribution in [1.29, 1.82) is 0 Å². The van der Waals surface area contributed by atoms with E-state index in [0.29, 0.717) is 37.2 Å². The van der Waals surface area contributed by atoms with E-state index < -0.39 is 0 Å². The largest absolute Gasteiger partial charge is 0.462 e. The summed E-state index contributed by atoms with van der Waals surface area (Å²) in [5, 5.41) is 0. The SMILES string of the molecule is C.CC(C)[C@H]1CC(=O)O[C@H]1C.CCO[C@@H]1OC(=O)C[C@@H]1C(C)C. The Bertz CT molecular complexity index is 378. The Labute approximate surface area is 141 Å². The monoisotopic (exact) mass is 330 g/mol. The third-order valence-corrected chi connectivity index (χ3v) is 4.37. The minimum Gasteiger partial charge on any atom is -0.462 e. The maximum atomic E-state index is 10.9. The Morgan fingerprint density at radius 1 is 1.00 bits per heavy atom. The molecule has 2 saturated heterocycles. The lowest BCUT2D eigenvalue weighted by molar-refractivity contribution is -0.167. The second-order valence-corrected chi connectivity index (χ2v) is 6.73. The smallest absolute Gasteiger partial charge is 0.308 e. The molecule has 0 radical (unpaired) electrons. The first-order chi connectivity index (χ1) is 10.3. The zero-order chi connectivity index (χ0) is 16.9. The molecule has 0 saturated carbocycles. The van der Waals surface area contributed by atoms with Gasteiger partial charge in [-0.05, 0) is 25.7 Å². The summed E-state index contributed by atoms with van der Waals surface area (Å²) >= 11 is 0. The van der Waals surface area contributed by atoms with Crippen molar-refractivity contribution < 1.29 is 23.8 Å². The highest BCUT2D eigenvalue weighted by Gasteiger charge is 2.37. The normalized spacial score (nSPS) is 29.7. The quantitative estimate of drug-likeness (QED) is 0.734. The third kappa shape index (κ3) is 6.50. The van der Waals surface area contributed by atoms with Crippen molar-refractivity contribution in [2.24, 2.45) is 23.7 Å². The molecule has 2 aliphatic heterocycles. The number of carbonyl (C=O) groups excluding carboxylic acids is 2. The summed E-state index contributed by atoms with van der Waals surface area (Å²) in [7, 11) is 0. The van der Waals surface area contributed by atoms with Crippen LogP contribution in [0.2, 0.25) is 0 Å². The average molecular weight is 330 g/mol. The lowest BCUT2D eigenvalue weighted by Gasteiger charge is -2.19. The van der Waals surface area contributed by atoms with Gasteiger partial charge in [0, 0.05) is 18.4 Å². The van der Waals surface area contributed by atoms with Crippen molar-refractivity contribution in [2.75, 3.05) is 6.61 Å². The molecule has 2 rings (SSSR count). The molecule has 5 heteroatoms. The lowest BCUT2D eigenvalue weighted by Crippen LogP contribution is -2.23. The van der Waals surface area contributed by atoms with E-state index in [1.807, 2.05) is 13.8 Å². The van der Waals surface area contributed by atoms with Gasteiger partial charge in [0.15, 0.2) is 0 Å². The van der Waals surface area contributed by atoms with E-state index in [9.17, 15) is 9.59 Å². The molecular formula is C18H34O5. The first-order valence-electron chi connectivity index (χ1n) is 8.26. The van der Waals surface area contributed by atoms with E-state index in [0.717, 1.165) is 0 Å². The predicted octanol–water partition coefficient (Wildman–Crippen LogP) is 3.80. The highest BCUT2D eigenvalue weighted by atomic mass is 16.7. The number of esters is 2. The fraction of sp³-hybridized carbons (Fsp3) is 0.889. The Morgan fingerprint density at radius 3 is 1.83 bits per heavy atom. The van der Waals surface area contributed by atoms with Gasteiger partial charge in [-0.1, -0.05) is 35.1 Å². The summed E-state index contributed by atoms with van der Waals surface area (Å²) in [6.07, 6.45) is 0.941. The van der Waals surface area contributed by atoms with Crippen LogP contribution in [-0.4, -0.2) is 30.9 Å². The number of hydrogen-bond donors (Lipinski definition) is 0. The van der Waals surface area contributed by atoms with Crippen molar-refractivity contribution >= 4 is 11.9 Å². The van der Waals surface area contributed by atoms with E-state index in [2.05, 4.69) is 27.7 Å². The molecule has 23 heavy (non-hydrogen) atoms. The molecule has 136 valence electrons. The first kappa shape index (κ1) is 21.9. The van der Waals surface area contributed by atoms with E-state index in [1.165, 1.54) is 0 Å². The van der Waals surface area contributed by atoms with Gasteiger partial charge >= 0.3 is 11.9 Å². The van der Waals surface area contributed by atoms with Crippen LogP contribution in [0.3, 0.4) is 0 Å². The average Bonchev–Trinajstić information content (AvgIpc) is 2.93. The number of hydrogen-bond acceptors (Lipinski definition) is 5. The summed E-state index contributed by atoms with van der Waals surface area (Å²) in [6.45, 7) is 12.9. The van der Waals surface area contributed by atoms with Crippen LogP contribution in [0.1, 0.15) is 61.8 Å². The second kappa shape index (κ2) is 9.91. The van der Waals surface area contributed by atoms with E-state index in [1.54, 1.807) is 0 Å². The van der Waals surface area contributed by atoms with Crippen LogP contribution in [0.25, 0.3) is 0 Å². The minimum atomic E-state index is -0.303. The Balaban J connectivity index is 0.000000409. The minimum absolute atomic E-state index is 0. The maximum Gasteiger partial charge on any atom is 0.308 e. The predicted molar refractivity (Wildman–Crippen MR) is 89.7 cm³/mol. The summed E-state index contributed by atoms with van der Waals surface area (Å²) < 4.78 is 15.3. The van der Waals surface area contributed by atoms with Gasteiger partial charge in [-0.2, -0.15) is 0 Å². The molecule has 0 aliphatic carbocycles. The van der Waals surface area contributed by atoms with E-state index in [4.69, 9.17) is 14.2 Å². The molecule has 0 amide bonds. The zero-order valence-corrected chi connectivity index (χ0v) is 14.6. The molecular weight excluding hydrogens is 296 g/mol. The van der Waals surface area contributed by atoms with Gasteiger partial charge in [0.05, 0.1) is 12.8 Å². The van der Waals surface area contributed by atoms with Crippen molar-refractivity contribution in [3.05, 3.63) is 0 Å². The maximum absolute atomic E-state index is 10.9. The standard InChI is InChI=1S/C9H16O3.C8H14O2.CH4/c1-4-11-9-7(6(2)3)5-8(10)12-9;1-5(2)7-4-8(9)10-6(7)3;/h6-7,9H,4-5H2,1-3H3;5-7H,4H2,1-3H3;1H4/t7-,9-;6-,7+;/m10./s1. The highest BCUT2D eigenvalue weighted by Crippen LogP contribution is 2.29. The van der Waals surface area contributed by atoms with Crippen LogP contribution in [0.15, 0.2) is 0 Å². The summed E-state index contributed by atoms with van der Waals surface area (Å²) in [6, 6.07) is 0. The molecule has 2 aliphatic rings. The molecule has 0 bridgehead atoms. The zero-order valence-electron chi connectivity index (χ0n) is 14.6. The van der Waals surface area contributed by atoms with Crippen LogP contribution in [0.5, 0.6) is 0 Å². The highest BCUT2D eigenvalue weighted by molar-refractivity contribution is 5.72. The summed E-state index contributed by atoms with van der Waals surface area (Å²) in [5.74, 6) is 1.50. The Hall–Kier alpha value is -1.10. The van der Waals surface area contributed by atoms with Crippen molar-refractivity contribution in [2.45, 2.75) is 74.2 Å². The second-order valence-electron chi connectivity index (χ2n) is 6.73. The van der Waals surface area contributed by atoms with Gasteiger partial charge in [-0.3, -0.25) is 9.59 Å². The van der Waals surface area contributed by atoms with Gasteiger partial charge in [-0.15, -0.1) is 0 Å². The lowest BCUT2D eigenvalue weighted by atomic mass is 9.90. The fourth-order valence-electron chi connectivity index (χ4n) is 2.90. The van der Waals surface area contributed by atoms with Gasteiger partial charge in [0.1, 0.15) is 6.10 Å². The molecule has 5 nitrogen and oxygen atoms in total. The van der Waals surface area contributed by atoms with Crippen molar-refractivity contribution in [3.63, 3.8) is 0 Å².